The average molecular weight is 284 g/mol. The van der Waals surface area contributed by atoms with Gasteiger partial charge in [-0.25, -0.2) is 0 Å². The molecular formula is C20H28O. The Balaban J connectivity index is 1.70. The molecule has 1 heteroatoms. The molecule has 0 aromatic carbocycles. The van der Waals surface area contributed by atoms with E-state index in [1.165, 1.54) is 44.1 Å². The van der Waals surface area contributed by atoms with Gasteiger partial charge < -0.3 is 0 Å². The number of hydrogen-bond donors (Lipinski definition) is 0. The molecule has 5 atom stereocenters. The van der Waals surface area contributed by atoms with Gasteiger partial charge in [0.25, 0.3) is 0 Å². The van der Waals surface area contributed by atoms with Crippen molar-refractivity contribution in [1.82, 2.24) is 0 Å². The van der Waals surface area contributed by atoms with Crippen LogP contribution in [0.2, 0.25) is 0 Å². The molecule has 0 unspecified atom stereocenters. The Morgan fingerprint density at radius 1 is 1.00 bits per heavy atom. The van der Waals surface area contributed by atoms with Crippen molar-refractivity contribution in [3.63, 3.8) is 0 Å². The Bertz CT molecular complexity index is 542. The number of fused-ring (bicyclic) bond motifs is 5. The van der Waals surface area contributed by atoms with Crippen LogP contribution >= 0.6 is 0 Å². The van der Waals surface area contributed by atoms with Gasteiger partial charge >= 0.3 is 0 Å². The lowest BCUT2D eigenvalue weighted by Crippen LogP contribution is -2.50. The van der Waals surface area contributed by atoms with Crippen LogP contribution in [0, 0.1) is 28.6 Å². The highest BCUT2D eigenvalue weighted by Crippen LogP contribution is 2.64. The fourth-order valence-electron chi connectivity index (χ4n) is 6.42. The quantitative estimate of drug-likeness (QED) is 0.606. The van der Waals surface area contributed by atoms with Gasteiger partial charge in [0.1, 0.15) is 5.78 Å². The molecule has 0 aromatic heterocycles. The third kappa shape index (κ3) is 1.72. The van der Waals surface area contributed by atoms with Crippen molar-refractivity contribution >= 4 is 5.78 Å². The summed E-state index contributed by atoms with van der Waals surface area (Å²) in [6.45, 7) is 8.99. The van der Waals surface area contributed by atoms with Crippen LogP contribution in [0.15, 0.2) is 23.8 Å². The lowest BCUT2D eigenvalue weighted by molar-refractivity contribution is -0.132. The number of carbonyl (C=O) groups excluding carboxylic acids is 1. The lowest BCUT2D eigenvalue weighted by atomic mass is 9.47. The molecule has 0 bridgehead atoms. The van der Waals surface area contributed by atoms with Crippen molar-refractivity contribution in [2.45, 2.75) is 65.2 Å². The van der Waals surface area contributed by atoms with E-state index in [0.717, 1.165) is 24.7 Å². The molecule has 0 aliphatic heterocycles. The van der Waals surface area contributed by atoms with Crippen LogP contribution in [0.4, 0.5) is 0 Å². The van der Waals surface area contributed by atoms with Crippen molar-refractivity contribution in [3.05, 3.63) is 23.8 Å². The molecule has 1 nitrogen and oxygen atoms in total. The molecule has 0 radical (unpaired) electrons. The number of Topliss-reactive ketones (excluding diaryl/α,β-unsaturated/α-hetero) is 1. The predicted molar refractivity (Wildman–Crippen MR) is 85.9 cm³/mol. The Labute approximate surface area is 128 Å². The third-order valence-corrected chi connectivity index (χ3v) is 7.79. The molecule has 114 valence electrons. The Kier molecular flexibility index (Phi) is 2.85. The summed E-state index contributed by atoms with van der Waals surface area (Å²) in [6.07, 6.45) is 11.8. The molecule has 3 saturated carbocycles. The van der Waals surface area contributed by atoms with E-state index in [2.05, 4.69) is 26.5 Å². The van der Waals surface area contributed by atoms with E-state index in [4.69, 9.17) is 0 Å². The zero-order chi connectivity index (χ0) is 14.8. The fourth-order valence-corrected chi connectivity index (χ4v) is 6.42. The Hall–Kier alpha value is -0.850. The van der Waals surface area contributed by atoms with Gasteiger partial charge in [-0.05, 0) is 68.1 Å². The van der Waals surface area contributed by atoms with Crippen LogP contribution in [0.5, 0.6) is 0 Å². The first-order valence-corrected chi connectivity index (χ1v) is 8.87. The van der Waals surface area contributed by atoms with Gasteiger partial charge in [-0.2, -0.15) is 0 Å². The van der Waals surface area contributed by atoms with Crippen molar-refractivity contribution in [3.8, 4) is 0 Å². The second kappa shape index (κ2) is 4.33. The number of hydrogen-bond acceptors (Lipinski definition) is 1. The summed E-state index contributed by atoms with van der Waals surface area (Å²) in [7, 11) is 0. The molecule has 4 aliphatic carbocycles. The summed E-state index contributed by atoms with van der Waals surface area (Å²) < 4.78 is 0. The highest BCUT2D eigenvalue weighted by atomic mass is 16.1. The zero-order valence-electron chi connectivity index (χ0n) is 13.6. The maximum atomic E-state index is 12.4. The van der Waals surface area contributed by atoms with Crippen LogP contribution in [-0.2, 0) is 4.79 Å². The smallest absolute Gasteiger partial charge is 0.139 e. The SMILES string of the molecule is C=C1C=C2CC[C@@H]3[C@H](CC[C@]4(C)C(=O)CC[C@@H]34)[C@@]2(C)CC1. The van der Waals surface area contributed by atoms with Crippen molar-refractivity contribution in [2.75, 3.05) is 0 Å². The van der Waals surface area contributed by atoms with E-state index in [1.54, 1.807) is 5.57 Å². The Morgan fingerprint density at radius 3 is 2.57 bits per heavy atom. The summed E-state index contributed by atoms with van der Waals surface area (Å²) in [6, 6.07) is 0. The van der Waals surface area contributed by atoms with E-state index < -0.39 is 0 Å². The molecule has 4 rings (SSSR count). The predicted octanol–water partition coefficient (Wildman–Crippen LogP) is 5.07. The van der Waals surface area contributed by atoms with Crippen molar-refractivity contribution in [1.29, 1.82) is 0 Å². The summed E-state index contributed by atoms with van der Waals surface area (Å²) in [5.74, 6) is 2.85. The largest absolute Gasteiger partial charge is 0.299 e. The van der Waals surface area contributed by atoms with Crippen LogP contribution in [0.1, 0.15) is 65.2 Å². The fraction of sp³-hybridized carbons (Fsp3) is 0.750. The maximum Gasteiger partial charge on any atom is 0.139 e. The normalized spacial score (nSPS) is 49.2. The second-order valence-corrected chi connectivity index (χ2v) is 8.58. The van der Waals surface area contributed by atoms with Gasteiger partial charge in [0.15, 0.2) is 0 Å². The molecular weight excluding hydrogens is 256 g/mol. The molecule has 0 N–H and O–H groups in total. The standard InChI is InChI=1S/C20H28O/c1-13-8-10-19(2)14(12-13)4-5-15-16-6-7-18(21)20(16,3)11-9-17(15)19/h12,15-17H,1,4-11H2,2-3H3/t15-,16-,17-,19-,20-/m0/s1. The highest BCUT2D eigenvalue weighted by Gasteiger charge is 2.58. The number of rotatable bonds is 0. The lowest BCUT2D eigenvalue weighted by Gasteiger charge is -2.57. The molecule has 4 aliphatic rings. The summed E-state index contributed by atoms with van der Waals surface area (Å²) in [5.41, 5.74) is 3.43. The van der Waals surface area contributed by atoms with Gasteiger partial charge in [0.2, 0.25) is 0 Å². The van der Waals surface area contributed by atoms with E-state index in [0.29, 0.717) is 17.1 Å². The monoisotopic (exact) mass is 284 g/mol. The van der Waals surface area contributed by atoms with Gasteiger partial charge in [-0.1, -0.05) is 37.6 Å². The van der Waals surface area contributed by atoms with E-state index in [9.17, 15) is 4.79 Å². The first kappa shape index (κ1) is 13.8. The molecule has 0 amide bonds. The first-order valence-electron chi connectivity index (χ1n) is 8.87. The maximum absolute atomic E-state index is 12.4. The van der Waals surface area contributed by atoms with E-state index >= 15 is 0 Å². The van der Waals surface area contributed by atoms with Crippen LogP contribution < -0.4 is 0 Å². The summed E-state index contributed by atoms with van der Waals surface area (Å²) >= 11 is 0. The summed E-state index contributed by atoms with van der Waals surface area (Å²) in [5, 5.41) is 0. The van der Waals surface area contributed by atoms with Crippen molar-refractivity contribution in [2.24, 2.45) is 28.6 Å². The van der Waals surface area contributed by atoms with Crippen LogP contribution in [0.25, 0.3) is 0 Å². The van der Waals surface area contributed by atoms with Gasteiger partial charge in [-0.3, -0.25) is 4.79 Å². The summed E-state index contributed by atoms with van der Waals surface area (Å²) in [4.78, 5) is 12.4. The molecule has 0 aromatic rings. The minimum atomic E-state index is 0.0248. The topological polar surface area (TPSA) is 17.1 Å². The van der Waals surface area contributed by atoms with Crippen molar-refractivity contribution < 1.29 is 4.79 Å². The molecule has 21 heavy (non-hydrogen) atoms. The van der Waals surface area contributed by atoms with E-state index in [-0.39, 0.29) is 5.41 Å². The minimum absolute atomic E-state index is 0.0248. The van der Waals surface area contributed by atoms with Crippen LogP contribution in [-0.4, -0.2) is 5.78 Å². The van der Waals surface area contributed by atoms with Crippen LogP contribution in [0.3, 0.4) is 0 Å². The highest BCUT2D eigenvalue weighted by molar-refractivity contribution is 5.87. The average Bonchev–Trinajstić information content (AvgIpc) is 2.76. The second-order valence-electron chi connectivity index (χ2n) is 8.58. The minimum Gasteiger partial charge on any atom is -0.299 e. The first-order chi connectivity index (χ1) is 9.95. The third-order valence-electron chi connectivity index (χ3n) is 7.79. The molecule has 0 heterocycles. The van der Waals surface area contributed by atoms with E-state index in [1.807, 2.05) is 0 Å². The number of carbonyl (C=O) groups is 1. The Morgan fingerprint density at radius 2 is 1.76 bits per heavy atom. The molecule has 3 fully saturated rings. The van der Waals surface area contributed by atoms with Gasteiger partial charge in [-0.15, -0.1) is 0 Å². The van der Waals surface area contributed by atoms with Gasteiger partial charge in [0.05, 0.1) is 0 Å². The van der Waals surface area contributed by atoms with Gasteiger partial charge in [0, 0.05) is 11.8 Å². The molecule has 0 saturated heterocycles. The molecule has 0 spiro atoms. The number of allylic oxidation sites excluding steroid dienone is 3. The number of ketones is 1. The zero-order valence-corrected chi connectivity index (χ0v) is 13.6.